The predicted octanol–water partition coefficient (Wildman–Crippen LogP) is 1.43. The summed E-state index contributed by atoms with van der Waals surface area (Å²) in [6.45, 7) is 8.21. The van der Waals surface area contributed by atoms with E-state index >= 15 is 0 Å². The van der Waals surface area contributed by atoms with Crippen LogP contribution in [-0.2, 0) is 14.9 Å². The van der Waals surface area contributed by atoms with Crippen molar-refractivity contribution in [2.75, 3.05) is 12.8 Å². The van der Waals surface area contributed by atoms with E-state index in [-0.39, 0.29) is 6.09 Å². The third-order valence-corrected chi connectivity index (χ3v) is 0.918. The Balaban J connectivity index is 0. The molecule has 0 aliphatic heterocycles. The van der Waals surface area contributed by atoms with Gasteiger partial charge in [-0.3, -0.25) is 4.55 Å². The second-order valence-electron chi connectivity index (χ2n) is 4.16. The van der Waals surface area contributed by atoms with Gasteiger partial charge >= 0.3 is 6.09 Å². The third kappa shape index (κ3) is 29.2. The van der Waals surface area contributed by atoms with Crippen molar-refractivity contribution in [3.05, 3.63) is 0 Å². The summed E-state index contributed by atoms with van der Waals surface area (Å²) in [6, 6.07) is 0. The van der Waals surface area contributed by atoms with Gasteiger partial charge in [0.25, 0.3) is 10.1 Å². The molecular formula is C9H21NO5S. The number of carbonyl (C=O) groups is 1. The first-order valence-corrected chi connectivity index (χ1v) is 6.70. The van der Waals surface area contributed by atoms with Crippen LogP contribution in [0.15, 0.2) is 0 Å². The summed E-state index contributed by atoms with van der Waals surface area (Å²) in [7, 11) is -3.67. The molecule has 6 nitrogen and oxygen atoms in total. The summed E-state index contributed by atoms with van der Waals surface area (Å²) in [5.74, 6) is 0. The first-order valence-electron chi connectivity index (χ1n) is 4.85. The van der Waals surface area contributed by atoms with Crippen LogP contribution in [-0.4, -0.2) is 37.5 Å². The van der Waals surface area contributed by atoms with Gasteiger partial charge in [0, 0.05) is 6.54 Å². The van der Waals surface area contributed by atoms with Crippen molar-refractivity contribution in [3.8, 4) is 0 Å². The lowest BCUT2D eigenvalue weighted by atomic mass is 10.2. The van der Waals surface area contributed by atoms with Gasteiger partial charge in [-0.25, -0.2) is 4.79 Å². The molecule has 0 radical (unpaired) electrons. The Morgan fingerprint density at radius 3 is 2.00 bits per heavy atom. The molecule has 0 aliphatic rings. The largest absolute Gasteiger partial charge is 0.444 e. The van der Waals surface area contributed by atoms with Gasteiger partial charge in [-0.05, 0) is 27.2 Å². The Kier molecular flexibility index (Phi) is 8.18. The molecule has 0 spiro atoms. The van der Waals surface area contributed by atoms with Crippen LogP contribution in [0.25, 0.3) is 0 Å². The lowest BCUT2D eigenvalue weighted by Gasteiger charge is -2.19. The number of amides is 1. The molecule has 0 fully saturated rings. The van der Waals surface area contributed by atoms with Crippen molar-refractivity contribution in [2.24, 2.45) is 0 Å². The second kappa shape index (κ2) is 7.45. The van der Waals surface area contributed by atoms with Crippen LogP contribution in [0.1, 0.15) is 34.1 Å². The van der Waals surface area contributed by atoms with Crippen molar-refractivity contribution >= 4 is 16.2 Å². The molecule has 0 saturated carbocycles. The van der Waals surface area contributed by atoms with Crippen molar-refractivity contribution in [3.63, 3.8) is 0 Å². The average Bonchev–Trinajstić information content (AvgIpc) is 1.94. The lowest BCUT2D eigenvalue weighted by molar-refractivity contribution is 0.0528. The van der Waals surface area contributed by atoms with E-state index in [0.717, 1.165) is 6.42 Å². The minimum atomic E-state index is -3.67. The second-order valence-corrected chi connectivity index (χ2v) is 5.63. The maximum Gasteiger partial charge on any atom is 0.407 e. The summed E-state index contributed by atoms with van der Waals surface area (Å²) in [4.78, 5) is 10.9. The minimum absolute atomic E-state index is 0.334. The Bertz CT molecular complexity index is 284. The molecule has 16 heavy (non-hydrogen) atoms. The number of rotatable bonds is 2. The standard InChI is InChI=1S/C8H17NO2.CH4O3S/c1-5-6-9-7(10)11-8(2,3)4;1-5(2,3)4/h5-6H2,1-4H3,(H,9,10);1H3,(H,2,3,4). The Hall–Kier alpha value is -0.820. The topological polar surface area (TPSA) is 92.7 Å². The van der Waals surface area contributed by atoms with E-state index in [2.05, 4.69) is 5.32 Å². The van der Waals surface area contributed by atoms with E-state index in [0.29, 0.717) is 12.8 Å². The highest BCUT2D eigenvalue weighted by Crippen LogP contribution is 2.05. The quantitative estimate of drug-likeness (QED) is 0.728. The van der Waals surface area contributed by atoms with Gasteiger partial charge < -0.3 is 10.1 Å². The van der Waals surface area contributed by atoms with Crippen LogP contribution in [0.2, 0.25) is 0 Å². The maximum atomic E-state index is 10.9. The van der Waals surface area contributed by atoms with Crippen LogP contribution < -0.4 is 5.32 Å². The van der Waals surface area contributed by atoms with Crippen LogP contribution >= 0.6 is 0 Å². The normalized spacial score (nSPS) is 11.1. The monoisotopic (exact) mass is 255 g/mol. The van der Waals surface area contributed by atoms with Gasteiger partial charge in [0.1, 0.15) is 5.60 Å². The molecule has 0 unspecified atom stereocenters. The zero-order valence-electron chi connectivity index (χ0n) is 10.4. The number of hydrogen-bond acceptors (Lipinski definition) is 4. The zero-order chi connectivity index (χ0) is 13.4. The van der Waals surface area contributed by atoms with E-state index in [1.54, 1.807) is 0 Å². The summed E-state index contributed by atoms with van der Waals surface area (Å²) >= 11 is 0. The number of ether oxygens (including phenoxy) is 1. The van der Waals surface area contributed by atoms with Gasteiger partial charge in [-0.15, -0.1) is 0 Å². The fraction of sp³-hybridized carbons (Fsp3) is 0.889. The summed E-state index contributed by atoms with van der Waals surface area (Å²) in [5, 5.41) is 2.63. The Labute approximate surface area is 97.1 Å². The van der Waals surface area contributed by atoms with Crippen LogP contribution in [0, 0.1) is 0 Å². The number of hydrogen-bond donors (Lipinski definition) is 2. The highest BCUT2D eigenvalue weighted by atomic mass is 32.2. The molecule has 98 valence electrons. The summed E-state index contributed by atoms with van der Waals surface area (Å²) < 4.78 is 30.9. The number of carbonyl (C=O) groups excluding carboxylic acids is 1. The highest BCUT2D eigenvalue weighted by molar-refractivity contribution is 7.85. The molecule has 0 aliphatic carbocycles. The summed E-state index contributed by atoms with van der Waals surface area (Å²) in [5.41, 5.74) is -0.391. The Morgan fingerprint density at radius 1 is 1.38 bits per heavy atom. The van der Waals surface area contributed by atoms with Crippen molar-refractivity contribution in [1.29, 1.82) is 0 Å². The van der Waals surface area contributed by atoms with Gasteiger partial charge in [0.15, 0.2) is 0 Å². The first kappa shape index (κ1) is 17.6. The third-order valence-electron chi connectivity index (χ3n) is 0.918. The lowest BCUT2D eigenvalue weighted by Crippen LogP contribution is -2.32. The van der Waals surface area contributed by atoms with Crippen LogP contribution in [0.5, 0.6) is 0 Å². The molecule has 0 aromatic carbocycles. The van der Waals surface area contributed by atoms with Gasteiger partial charge in [0.05, 0.1) is 6.26 Å². The molecule has 7 heteroatoms. The molecule has 1 amide bonds. The van der Waals surface area contributed by atoms with Crippen molar-refractivity contribution in [1.82, 2.24) is 5.32 Å². The highest BCUT2D eigenvalue weighted by Gasteiger charge is 2.14. The van der Waals surface area contributed by atoms with Gasteiger partial charge in [-0.2, -0.15) is 8.42 Å². The number of alkyl carbamates (subject to hydrolysis) is 1. The Morgan fingerprint density at radius 2 is 1.75 bits per heavy atom. The fourth-order valence-electron chi connectivity index (χ4n) is 0.541. The molecule has 0 heterocycles. The van der Waals surface area contributed by atoms with Gasteiger partial charge in [0.2, 0.25) is 0 Å². The zero-order valence-corrected chi connectivity index (χ0v) is 11.2. The van der Waals surface area contributed by atoms with Crippen molar-refractivity contribution < 1.29 is 22.5 Å². The van der Waals surface area contributed by atoms with E-state index in [9.17, 15) is 13.2 Å². The van der Waals surface area contributed by atoms with Crippen LogP contribution in [0.3, 0.4) is 0 Å². The molecule has 0 aromatic heterocycles. The van der Waals surface area contributed by atoms with E-state index in [1.165, 1.54) is 0 Å². The first-order chi connectivity index (χ1) is 6.95. The summed E-state index contributed by atoms with van der Waals surface area (Å²) in [6.07, 6.45) is 1.31. The molecule has 0 bridgehead atoms. The predicted molar refractivity (Wildman–Crippen MR) is 62.0 cm³/mol. The van der Waals surface area contributed by atoms with E-state index < -0.39 is 15.7 Å². The van der Waals surface area contributed by atoms with E-state index in [1.807, 2.05) is 27.7 Å². The average molecular weight is 255 g/mol. The molecule has 0 rings (SSSR count). The molecule has 2 N–H and O–H groups in total. The molecular weight excluding hydrogens is 234 g/mol. The van der Waals surface area contributed by atoms with E-state index in [4.69, 9.17) is 9.29 Å². The molecule has 0 aromatic rings. The van der Waals surface area contributed by atoms with Crippen molar-refractivity contribution in [2.45, 2.75) is 39.7 Å². The van der Waals surface area contributed by atoms with Crippen LogP contribution in [0.4, 0.5) is 4.79 Å². The fourth-order valence-corrected chi connectivity index (χ4v) is 0.541. The van der Waals surface area contributed by atoms with Gasteiger partial charge in [-0.1, -0.05) is 6.92 Å². The number of nitrogens with one attached hydrogen (secondary N) is 1. The molecule has 0 atom stereocenters. The smallest absolute Gasteiger partial charge is 0.407 e. The minimum Gasteiger partial charge on any atom is -0.444 e. The SMILES string of the molecule is CCCNC(=O)OC(C)(C)C.CS(=O)(=O)O. The maximum absolute atomic E-state index is 10.9. The molecule has 0 saturated heterocycles.